The van der Waals surface area contributed by atoms with Crippen molar-refractivity contribution in [2.75, 3.05) is 5.32 Å². The monoisotopic (exact) mass is 290 g/mol. The SMILES string of the molecule is CCC(CC)NC(=S)Nc1cc(Cl)cc(Cl)c1. The Labute approximate surface area is 118 Å². The average Bonchev–Trinajstić information content (AvgIpc) is 2.24. The zero-order valence-corrected chi connectivity index (χ0v) is 12.2. The van der Waals surface area contributed by atoms with Gasteiger partial charge in [-0.05, 0) is 43.3 Å². The van der Waals surface area contributed by atoms with Crippen molar-refractivity contribution in [3.63, 3.8) is 0 Å². The highest BCUT2D eigenvalue weighted by Crippen LogP contribution is 2.22. The maximum atomic E-state index is 5.91. The van der Waals surface area contributed by atoms with Gasteiger partial charge in [-0.15, -0.1) is 0 Å². The largest absolute Gasteiger partial charge is 0.360 e. The first kappa shape index (κ1) is 14.6. The van der Waals surface area contributed by atoms with Crippen molar-refractivity contribution >= 4 is 46.2 Å². The lowest BCUT2D eigenvalue weighted by molar-refractivity contribution is 0.573. The summed E-state index contributed by atoms with van der Waals surface area (Å²) in [4.78, 5) is 0. The minimum atomic E-state index is 0.393. The van der Waals surface area contributed by atoms with Crippen molar-refractivity contribution in [3.8, 4) is 0 Å². The molecule has 0 aliphatic carbocycles. The van der Waals surface area contributed by atoms with E-state index in [0.29, 0.717) is 21.2 Å². The van der Waals surface area contributed by atoms with Crippen LogP contribution in [0.25, 0.3) is 0 Å². The molecule has 0 fully saturated rings. The fourth-order valence-electron chi connectivity index (χ4n) is 1.47. The van der Waals surface area contributed by atoms with E-state index in [1.807, 2.05) is 0 Å². The predicted octanol–water partition coefficient (Wildman–Crippen LogP) is 4.47. The molecule has 94 valence electrons. The summed E-state index contributed by atoms with van der Waals surface area (Å²) < 4.78 is 0. The van der Waals surface area contributed by atoms with Crippen molar-refractivity contribution in [2.45, 2.75) is 32.7 Å². The van der Waals surface area contributed by atoms with Gasteiger partial charge in [0.15, 0.2) is 5.11 Å². The van der Waals surface area contributed by atoms with Crippen LogP contribution in [0.2, 0.25) is 10.0 Å². The molecule has 2 N–H and O–H groups in total. The number of halogens is 2. The van der Waals surface area contributed by atoms with Crippen molar-refractivity contribution in [1.82, 2.24) is 5.32 Å². The van der Waals surface area contributed by atoms with Crippen molar-refractivity contribution in [1.29, 1.82) is 0 Å². The standard InChI is InChI=1S/C12H16Cl2N2S/c1-3-10(4-2)15-12(17)16-11-6-8(13)5-9(14)7-11/h5-7,10H,3-4H2,1-2H3,(H2,15,16,17). The first-order valence-electron chi connectivity index (χ1n) is 5.58. The van der Waals surface area contributed by atoms with Crippen LogP contribution in [0.4, 0.5) is 5.69 Å². The van der Waals surface area contributed by atoms with E-state index in [9.17, 15) is 0 Å². The Morgan fingerprint density at radius 3 is 2.18 bits per heavy atom. The van der Waals surface area contributed by atoms with Gasteiger partial charge in [0.25, 0.3) is 0 Å². The normalized spacial score (nSPS) is 10.4. The zero-order chi connectivity index (χ0) is 12.8. The van der Waals surface area contributed by atoms with E-state index < -0.39 is 0 Å². The highest BCUT2D eigenvalue weighted by molar-refractivity contribution is 7.80. The fraction of sp³-hybridized carbons (Fsp3) is 0.417. The van der Waals surface area contributed by atoms with Gasteiger partial charge in [-0.1, -0.05) is 37.0 Å². The molecule has 1 rings (SSSR count). The average molecular weight is 291 g/mol. The van der Waals surface area contributed by atoms with Gasteiger partial charge in [-0.3, -0.25) is 0 Å². The summed E-state index contributed by atoms with van der Waals surface area (Å²) >= 11 is 17.0. The van der Waals surface area contributed by atoms with Crippen LogP contribution in [0.1, 0.15) is 26.7 Å². The predicted molar refractivity (Wildman–Crippen MR) is 80.2 cm³/mol. The summed E-state index contributed by atoms with van der Waals surface area (Å²) in [5.41, 5.74) is 0.797. The minimum absolute atomic E-state index is 0.393. The molecule has 0 heterocycles. The fourth-order valence-corrected chi connectivity index (χ4v) is 2.28. The molecule has 1 aromatic rings. The summed E-state index contributed by atoms with van der Waals surface area (Å²) in [6.45, 7) is 4.25. The van der Waals surface area contributed by atoms with Crippen molar-refractivity contribution in [2.24, 2.45) is 0 Å². The quantitative estimate of drug-likeness (QED) is 0.800. The third-order valence-corrected chi connectivity index (χ3v) is 3.10. The van der Waals surface area contributed by atoms with E-state index in [1.165, 1.54) is 0 Å². The van der Waals surface area contributed by atoms with Crippen LogP contribution in [0.3, 0.4) is 0 Å². The molecule has 0 spiro atoms. The van der Waals surface area contributed by atoms with Crippen LogP contribution < -0.4 is 10.6 Å². The number of rotatable bonds is 4. The number of hydrogen-bond donors (Lipinski definition) is 2. The Morgan fingerprint density at radius 2 is 1.71 bits per heavy atom. The summed E-state index contributed by atoms with van der Waals surface area (Å²) in [7, 11) is 0. The molecule has 0 atom stereocenters. The third-order valence-electron chi connectivity index (χ3n) is 2.44. The first-order valence-corrected chi connectivity index (χ1v) is 6.75. The summed E-state index contributed by atoms with van der Waals surface area (Å²) in [5, 5.41) is 8.08. The van der Waals surface area contributed by atoms with Gasteiger partial charge in [0.1, 0.15) is 0 Å². The Balaban J connectivity index is 2.61. The number of benzene rings is 1. The van der Waals surface area contributed by atoms with Crippen LogP contribution in [-0.4, -0.2) is 11.2 Å². The molecule has 0 radical (unpaired) electrons. The number of anilines is 1. The minimum Gasteiger partial charge on any atom is -0.360 e. The topological polar surface area (TPSA) is 24.1 Å². The molecular weight excluding hydrogens is 275 g/mol. The second kappa shape index (κ2) is 7.04. The molecule has 0 aliphatic rings. The molecule has 2 nitrogen and oxygen atoms in total. The Kier molecular flexibility index (Phi) is 6.03. The number of nitrogens with one attached hydrogen (secondary N) is 2. The van der Waals surface area contributed by atoms with Crippen LogP contribution in [-0.2, 0) is 0 Å². The lowest BCUT2D eigenvalue weighted by Crippen LogP contribution is -2.36. The van der Waals surface area contributed by atoms with Crippen molar-refractivity contribution in [3.05, 3.63) is 28.2 Å². The van der Waals surface area contributed by atoms with Crippen LogP contribution in [0.15, 0.2) is 18.2 Å². The Hall–Kier alpha value is -0.510. The summed E-state index contributed by atoms with van der Waals surface area (Å²) in [6, 6.07) is 5.65. The van der Waals surface area contributed by atoms with Gasteiger partial charge >= 0.3 is 0 Å². The molecule has 5 heteroatoms. The second-order valence-electron chi connectivity index (χ2n) is 3.77. The van der Waals surface area contributed by atoms with E-state index in [1.54, 1.807) is 18.2 Å². The van der Waals surface area contributed by atoms with E-state index in [-0.39, 0.29) is 0 Å². The molecule has 0 saturated carbocycles. The van der Waals surface area contributed by atoms with Crippen molar-refractivity contribution < 1.29 is 0 Å². The molecule has 1 aromatic carbocycles. The number of thiocarbonyl (C=S) groups is 1. The van der Waals surface area contributed by atoms with Gasteiger partial charge in [0, 0.05) is 21.8 Å². The van der Waals surface area contributed by atoms with E-state index in [4.69, 9.17) is 35.4 Å². The third kappa shape index (κ3) is 5.11. The van der Waals surface area contributed by atoms with E-state index in [2.05, 4.69) is 24.5 Å². The molecule has 0 saturated heterocycles. The summed E-state index contributed by atoms with van der Waals surface area (Å²) in [6.07, 6.45) is 2.07. The van der Waals surface area contributed by atoms with Gasteiger partial charge < -0.3 is 10.6 Å². The lowest BCUT2D eigenvalue weighted by atomic mass is 10.2. The van der Waals surface area contributed by atoms with Crippen LogP contribution in [0.5, 0.6) is 0 Å². The van der Waals surface area contributed by atoms with Gasteiger partial charge in [0.2, 0.25) is 0 Å². The second-order valence-corrected chi connectivity index (χ2v) is 5.05. The van der Waals surface area contributed by atoms with E-state index in [0.717, 1.165) is 18.5 Å². The molecule has 0 aromatic heterocycles. The lowest BCUT2D eigenvalue weighted by Gasteiger charge is -2.18. The maximum Gasteiger partial charge on any atom is 0.170 e. The molecule has 17 heavy (non-hydrogen) atoms. The van der Waals surface area contributed by atoms with Gasteiger partial charge in [-0.25, -0.2) is 0 Å². The summed E-state index contributed by atoms with van der Waals surface area (Å²) in [5.74, 6) is 0. The zero-order valence-electron chi connectivity index (χ0n) is 9.89. The molecule has 0 amide bonds. The highest BCUT2D eigenvalue weighted by Gasteiger charge is 2.06. The van der Waals surface area contributed by atoms with E-state index >= 15 is 0 Å². The van der Waals surface area contributed by atoms with Gasteiger partial charge in [0.05, 0.1) is 0 Å². The Bertz CT molecular complexity index is 372. The highest BCUT2D eigenvalue weighted by atomic mass is 35.5. The molecule has 0 bridgehead atoms. The maximum absolute atomic E-state index is 5.91. The smallest absolute Gasteiger partial charge is 0.170 e. The van der Waals surface area contributed by atoms with Gasteiger partial charge in [-0.2, -0.15) is 0 Å². The molecule has 0 aliphatic heterocycles. The molecule has 0 unspecified atom stereocenters. The Morgan fingerprint density at radius 1 is 1.18 bits per heavy atom. The van der Waals surface area contributed by atoms with Crippen LogP contribution >= 0.6 is 35.4 Å². The molecular formula is C12H16Cl2N2S. The first-order chi connectivity index (χ1) is 8.05. The number of hydrogen-bond acceptors (Lipinski definition) is 1. The van der Waals surface area contributed by atoms with Crippen LogP contribution in [0, 0.1) is 0 Å².